The van der Waals surface area contributed by atoms with Gasteiger partial charge in [-0.3, -0.25) is 0 Å². The summed E-state index contributed by atoms with van der Waals surface area (Å²) in [4.78, 5) is 0. The Morgan fingerprint density at radius 3 is 3.11 bits per heavy atom. The summed E-state index contributed by atoms with van der Waals surface area (Å²) in [5, 5.41) is 11.2. The molecule has 0 radical (unpaired) electrons. The molecule has 102 valence electrons. The molecule has 0 saturated carbocycles. The summed E-state index contributed by atoms with van der Waals surface area (Å²) in [6.45, 7) is 4.86. The van der Waals surface area contributed by atoms with Crippen molar-refractivity contribution in [3.63, 3.8) is 0 Å². The lowest BCUT2D eigenvalue weighted by Gasteiger charge is -2.28. The summed E-state index contributed by atoms with van der Waals surface area (Å²) >= 11 is 0. The standard InChI is InChI=1S/C14H19N3O2/c1-10(12-3-2-6-18-9-12)15-8-11-4-5-13-14(7-11)17-19-16-13/h4-5,7,10,12,15H,2-3,6,8-9H2,1H3/t10-,12-/m1/s1. The molecule has 0 spiro atoms. The summed E-state index contributed by atoms with van der Waals surface area (Å²) in [6.07, 6.45) is 2.42. The highest BCUT2D eigenvalue weighted by Gasteiger charge is 2.20. The Hall–Kier alpha value is -1.46. The Morgan fingerprint density at radius 2 is 2.26 bits per heavy atom. The highest BCUT2D eigenvalue weighted by Crippen LogP contribution is 2.18. The maximum Gasteiger partial charge on any atom is 0.135 e. The van der Waals surface area contributed by atoms with E-state index >= 15 is 0 Å². The molecule has 3 rings (SSSR count). The minimum Gasteiger partial charge on any atom is -0.381 e. The van der Waals surface area contributed by atoms with Crippen LogP contribution in [-0.2, 0) is 11.3 Å². The van der Waals surface area contributed by atoms with Crippen LogP contribution in [0.4, 0.5) is 0 Å². The van der Waals surface area contributed by atoms with E-state index in [1.165, 1.54) is 18.4 Å². The fourth-order valence-electron chi connectivity index (χ4n) is 2.54. The van der Waals surface area contributed by atoms with E-state index in [1.807, 2.05) is 12.1 Å². The lowest BCUT2D eigenvalue weighted by atomic mass is 9.95. The van der Waals surface area contributed by atoms with Crippen molar-refractivity contribution in [2.24, 2.45) is 5.92 Å². The average Bonchev–Trinajstić information content (AvgIpc) is 2.93. The number of aromatic nitrogens is 2. The van der Waals surface area contributed by atoms with Gasteiger partial charge < -0.3 is 10.1 Å². The number of nitrogens with zero attached hydrogens (tertiary/aromatic N) is 2. The van der Waals surface area contributed by atoms with Gasteiger partial charge in [-0.05, 0) is 53.7 Å². The molecule has 0 amide bonds. The molecule has 2 atom stereocenters. The predicted octanol–water partition coefficient (Wildman–Crippen LogP) is 2.13. The second-order valence-corrected chi connectivity index (χ2v) is 5.23. The second-order valence-electron chi connectivity index (χ2n) is 5.23. The molecule has 1 aromatic carbocycles. The quantitative estimate of drug-likeness (QED) is 0.913. The van der Waals surface area contributed by atoms with Crippen LogP contribution in [-0.4, -0.2) is 29.6 Å². The smallest absolute Gasteiger partial charge is 0.135 e. The van der Waals surface area contributed by atoms with E-state index in [0.717, 1.165) is 30.8 Å². The van der Waals surface area contributed by atoms with Gasteiger partial charge in [0.15, 0.2) is 0 Å². The summed E-state index contributed by atoms with van der Waals surface area (Å²) < 4.78 is 10.2. The molecule has 5 nitrogen and oxygen atoms in total. The van der Waals surface area contributed by atoms with Crippen molar-refractivity contribution in [2.75, 3.05) is 13.2 Å². The van der Waals surface area contributed by atoms with Crippen LogP contribution in [0.15, 0.2) is 22.8 Å². The van der Waals surface area contributed by atoms with Gasteiger partial charge in [-0.25, -0.2) is 4.63 Å². The fraction of sp³-hybridized carbons (Fsp3) is 0.571. The van der Waals surface area contributed by atoms with Crippen molar-refractivity contribution in [1.29, 1.82) is 0 Å². The fourth-order valence-corrected chi connectivity index (χ4v) is 2.54. The maximum absolute atomic E-state index is 5.53. The first-order valence-corrected chi connectivity index (χ1v) is 6.85. The van der Waals surface area contributed by atoms with Crippen LogP contribution >= 0.6 is 0 Å². The van der Waals surface area contributed by atoms with Crippen molar-refractivity contribution < 1.29 is 9.37 Å². The van der Waals surface area contributed by atoms with Crippen LogP contribution in [0.5, 0.6) is 0 Å². The lowest BCUT2D eigenvalue weighted by Crippen LogP contribution is -2.37. The van der Waals surface area contributed by atoms with E-state index in [2.05, 4.69) is 28.6 Å². The summed E-state index contributed by atoms with van der Waals surface area (Å²) in [7, 11) is 0. The molecular weight excluding hydrogens is 242 g/mol. The zero-order valence-electron chi connectivity index (χ0n) is 11.1. The van der Waals surface area contributed by atoms with Crippen LogP contribution in [0.1, 0.15) is 25.3 Å². The topological polar surface area (TPSA) is 60.2 Å². The third-order valence-electron chi connectivity index (χ3n) is 3.85. The Bertz CT molecular complexity index is 534. The zero-order valence-corrected chi connectivity index (χ0v) is 11.1. The largest absolute Gasteiger partial charge is 0.381 e. The number of rotatable bonds is 4. The van der Waals surface area contributed by atoms with Crippen molar-refractivity contribution in [1.82, 2.24) is 15.6 Å². The van der Waals surface area contributed by atoms with Crippen LogP contribution < -0.4 is 5.32 Å². The molecule has 2 heterocycles. The van der Waals surface area contributed by atoms with Crippen molar-refractivity contribution in [3.05, 3.63) is 23.8 Å². The zero-order chi connectivity index (χ0) is 13.1. The number of nitrogens with one attached hydrogen (secondary N) is 1. The van der Waals surface area contributed by atoms with Crippen LogP contribution in [0.3, 0.4) is 0 Å². The predicted molar refractivity (Wildman–Crippen MR) is 71.6 cm³/mol. The summed E-state index contributed by atoms with van der Waals surface area (Å²) in [6, 6.07) is 6.48. The first-order valence-electron chi connectivity index (χ1n) is 6.85. The Labute approximate surface area is 112 Å². The van der Waals surface area contributed by atoms with E-state index in [-0.39, 0.29) is 0 Å². The van der Waals surface area contributed by atoms with Crippen molar-refractivity contribution in [3.8, 4) is 0 Å². The van der Waals surface area contributed by atoms with Gasteiger partial charge in [0.1, 0.15) is 11.0 Å². The highest BCUT2D eigenvalue weighted by molar-refractivity contribution is 5.73. The molecule has 0 aliphatic carbocycles. The van der Waals surface area contributed by atoms with Crippen molar-refractivity contribution in [2.45, 2.75) is 32.4 Å². The lowest BCUT2D eigenvalue weighted by molar-refractivity contribution is 0.0417. The number of hydrogen-bond acceptors (Lipinski definition) is 5. The number of benzene rings is 1. The molecule has 1 aliphatic rings. The summed E-state index contributed by atoms with van der Waals surface area (Å²) in [5.74, 6) is 0.617. The SMILES string of the molecule is C[C@@H](NCc1ccc2nonc2c1)[C@@H]1CCCOC1. The molecule has 5 heteroatoms. The van der Waals surface area contributed by atoms with Gasteiger partial charge in [0.2, 0.25) is 0 Å². The van der Waals surface area contributed by atoms with Gasteiger partial charge in [-0.15, -0.1) is 0 Å². The van der Waals surface area contributed by atoms with Gasteiger partial charge in [-0.1, -0.05) is 6.07 Å². The molecule has 1 N–H and O–H groups in total. The minimum absolute atomic E-state index is 0.464. The maximum atomic E-state index is 5.53. The second kappa shape index (κ2) is 5.67. The molecule has 0 bridgehead atoms. The van der Waals surface area contributed by atoms with E-state index < -0.39 is 0 Å². The Morgan fingerprint density at radius 1 is 1.37 bits per heavy atom. The van der Waals surface area contributed by atoms with Gasteiger partial charge in [0.25, 0.3) is 0 Å². The number of fused-ring (bicyclic) bond motifs is 1. The van der Waals surface area contributed by atoms with Gasteiger partial charge in [0, 0.05) is 19.2 Å². The Kier molecular flexibility index (Phi) is 3.75. The summed E-state index contributed by atoms with van der Waals surface area (Å²) in [5.41, 5.74) is 2.82. The first kappa shape index (κ1) is 12.6. The normalized spacial score (nSPS) is 21.6. The van der Waals surface area contributed by atoms with Crippen molar-refractivity contribution >= 4 is 11.0 Å². The third-order valence-corrected chi connectivity index (χ3v) is 3.85. The molecule has 2 aromatic rings. The number of hydrogen-bond donors (Lipinski definition) is 1. The Balaban J connectivity index is 1.58. The van der Waals surface area contributed by atoms with E-state index in [0.29, 0.717) is 12.0 Å². The third kappa shape index (κ3) is 2.93. The number of ether oxygens (including phenoxy) is 1. The molecule has 19 heavy (non-hydrogen) atoms. The van der Waals surface area contributed by atoms with E-state index in [4.69, 9.17) is 9.37 Å². The average molecular weight is 261 g/mol. The van der Waals surface area contributed by atoms with E-state index in [1.54, 1.807) is 0 Å². The highest BCUT2D eigenvalue weighted by atomic mass is 16.6. The molecule has 1 fully saturated rings. The van der Waals surface area contributed by atoms with Gasteiger partial charge in [-0.2, -0.15) is 0 Å². The first-order chi connectivity index (χ1) is 9.33. The van der Waals surface area contributed by atoms with E-state index in [9.17, 15) is 0 Å². The molecular formula is C14H19N3O2. The van der Waals surface area contributed by atoms with Crippen LogP contribution in [0.2, 0.25) is 0 Å². The molecule has 1 aliphatic heterocycles. The molecule has 1 aromatic heterocycles. The van der Waals surface area contributed by atoms with Gasteiger partial charge in [0.05, 0.1) is 6.61 Å². The molecule has 0 unspecified atom stereocenters. The van der Waals surface area contributed by atoms with Crippen LogP contribution in [0, 0.1) is 5.92 Å². The van der Waals surface area contributed by atoms with Gasteiger partial charge >= 0.3 is 0 Å². The minimum atomic E-state index is 0.464. The van der Waals surface area contributed by atoms with Crippen LogP contribution in [0.25, 0.3) is 11.0 Å². The monoisotopic (exact) mass is 261 g/mol. The molecule has 1 saturated heterocycles.